The second-order valence-corrected chi connectivity index (χ2v) is 3.56. The first-order chi connectivity index (χ1) is 8.70. The van der Waals surface area contributed by atoms with E-state index in [0.717, 1.165) is 0 Å². The smallest absolute Gasteiger partial charge is 0.335 e. The molecule has 0 fully saturated rings. The number of rotatable bonds is 4. The quantitative estimate of drug-likeness (QED) is 0.892. The third-order valence-electron chi connectivity index (χ3n) is 2.31. The van der Waals surface area contributed by atoms with Crippen molar-refractivity contribution >= 4 is 5.97 Å². The highest BCUT2D eigenvalue weighted by Crippen LogP contribution is 2.19. The van der Waals surface area contributed by atoms with Crippen molar-refractivity contribution in [3.05, 3.63) is 42.2 Å². The van der Waals surface area contributed by atoms with Crippen LogP contribution in [-0.4, -0.2) is 27.7 Å². The average Bonchev–Trinajstić information content (AvgIpc) is 2.39. The average molecular weight is 244 g/mol. The van der Waals surface area contributed by atoms with Gasteiger partial charge in [-0.05, 0) is 19.1 Å². The van der Waals surface area contributed by atoms with Crippen molar-refractivity contribution in [1.82, 2.24) is 9.97 Å². The lowest BCUT2D eigenvalue weighted by Crippen LogP contribution is -1.98. The predicted molar refractivity (Wildman–Crippen MR) is 65.6 cm³/mol. The van der Waals surface area contributed by atoms with Crippen LogP contribution in [0, 0.1) is 0 Å². The summed E-state index contributed by atoms with van der Waals surface area (Å²) in [5, 5.41) is 8.93. The van der Waals surface area contributed by atoms with Gasteiger partial charge in [-0.1, -0.05) is 12.1 Å². The fourth-order valence-electron chi connectivity index (χ4n) is 1.52. The van der Waals surface area contributed by atoms with E-state index in [2.05, 4.69) is 9.97 Å². The molecule has 0 spiro atoms. The number of hydrogen-bond acceptors (Lipinski definition) is 4. The maximum atomic E-state index is 10.9. The second kappa shape index (κ2) is 5.27. The number of hydrogen-bond donors (Lipinski definition) is 1. The van der Waals surface area contributed by atoms with E-state index in [9.17, 15) is 4.79 Å². The SMILES string of the molecule is CCOc1cncc(-c2cccc(C(=O)O)c2)n1. The summed E-state index contributed by atoms with van der Waals surface area (Å²) in [4.78, 5) is 19.2. The first kappa shape index (κ1) is 12.0. The lowest BCUT2D eigenvalue weighted by Gasteiger charge is -2.05. The van der Waals surface area contributed by atoms with Crippen LogP contribution in [0.3, 0.4) is 0 Å². The standard InChI is InChI=1S/C13H12N2O3/c1-2-18-12-8-14-7-11(15-12)9-4-3-5-10(6-9)13(16)17/h3-8H,2H2,1H3,(H,16,17). The molecule has 0 bridgehead atoms. The van der Waals surface area contributed by atoms with Crippen LogP contribution in [0.2, 0.25) is 0 Å². The van der Waals surface area contributed by atoms with Gasteiger partial charge in [-0.25, -0.2) is 9.78 Å². The Labute approximate surface area is 104 Å². The van der Waals surface area contributed by atoms with Crippen molar-refractivity contribution < 1.29 is 14.6 Å². The highest BCUT2D eigenvalue weighted by atomic mass is 16.5. The number of nitrogens with zero attached hydrogens (tertiary/aromatic N) is 2. The molecule has 92 valence electrons. The van der Waals surface area contributed by atoms with Crippen LogP contribution in [0.1, 0.15) is 17.3 Å². The van der Waals surface area contributed by atoms with Crippen LogP contribution in [-0.2, 0) is 0 Å². The molecule has 0 unspecified atom stereocenters. The molecule has 2 rings (SSSR count). The molecule has 1 aromatic carbocycles. The van der Waals surface area contributed by atoms with Crippen molar-refractivity contribution in [2.45, 2.75) is 6.92 Å². The summed E-state index contributed by atoms with van der Waals surface area (Å²) in [6.45, 7) is 2.37. The minimum atomic E-state index is -0.967. The van der Waals surface area contributed by atoms with Gasteiger partial charge in [-0.2, -0.15) is 0 Å². The van der Waals surface area contributed by atoms with Crippen LogP contribution in [0.15, 0.2) is 36.7 Å². The number of benzene rings is 1. The van der Waals surface area contributed by atoms with Crippen LogP contribution in [0.4, 0.5) is 0 Å². The minimum absolute atomic E-state index is 0.219. The Balaban J connectivity index is 2.38. The molecule has 5 heteroatoms. The molecule has 1 N–H and O–H groups in total. The Morgan fingerprint density at radius 3 is 2.94 bits per heavy atom. The summed E-state index contributed by atoms with van der Waals surface area (Å²) >= 11 is 0. The monoisotopic (exact) mass is 244 g/mol. The van der Waals surface area contributed by atoms with Crippen LogP contribution < -0.4 is 4.74 Å². The van der Waals surface area contributed by atoms with E-state index in [-0.39, 0.29) is 5.56 Å². The Bertz CT molecular complexity index is 570. The topological polar surface area (TPSA) is 72.3 Å². The van der Waals surface area contributed by atoms with E-state index >= 15 is 0 Å². The number of aromatic nitrogens is 2. The van der Waals surface area contributed by atoms with Gasteiger partial charge < -0.3 is 9.84 Å². The largest absolute Gasteiger partial charge is 0.478 e. The van der Waals surface area contributed by atoms with E-state index in [1.54, 1.807) is 24.4 Å². The Morgan fingerprint density at radius 2 is 2.22 bits per heavy atom. The summed E-state index contributed by atoms with van der Waals surface area (Å²) in [6.07, 6.45) is 3.09. The van der Waals surface area contributed by atoms with Gasteiger partial charge in [0.2, 0.25) is 5.88 Å². The number of carboxylic acid groups (broad SMARTS) is 1. The molecule has 0 aliphatic heterocycles. The molecule has 5 nitrogen and oxygen atoms in total. The van der Waals surface area contributed by atoms with Crippen LogP contribution in [0.5, 0.6) is 5.88 Å². The Morgan fingerprint density at radius 1 is 1.39 bits per heavy atom. The van der Waals surface area contributed by atoms with Crippen molar-refractivity contribution in [3.63, 3.8) is 0 Å². The van der Waals surface area contributed by atoms with Gasteiger partial charge in [-0.15, -0.1) is 0 Å². The zero-order chi connectivity index (χ0) is 13.0. The van der Waals surface area contributed by atoms with E-state index < -0.39 is 5.97 Å². The molecule has 2 aromatic rings. The minimum Gasteiger partial charge on any atom is -0.478 e. The van der Waals surface area contributed by atoms with Gasteiger partial charge in [0, 0.05) is 5.56 Å². The number of ether oxygens (including phenoxy) is 1. The van der Waals surface area contributed by atoms with Gasteiger partial charge in [0.15, 0.2) is 0 Å². The summed E-state index contributed by atoms with van der Waals surface area (Å²) < 4.78 is 5.26. The third-order valence-corrected chi connectivity index (χ3v) is 2.31. The molecular weight excluding hydrogens is 232 g/mol. The molecule has 0 radical (unpaired) electrons. The number of carboxylic acids is 1. The second-order valence-electron chi connectivity index (χ2n) is 3.56. The Kier molecular flexibility index (Phi) is 3.52. The first-order valence-electron chi connectivity index (χ1n) is 5.49. The van der Waals surface area contributed by atoms with Crippen molar-refractivity contribution in [1.29, 1.82) is 0 Å². The summed E-state index contributed by atoms with van der Waals surface area (Å²) in [5.74, 6) is -0.540. The highest BCUT2D eigenvalue weighted by molar-refractivity contribution is 5.89. The molecule has 0 amide bonds. The zero-order valence-electron chi connectivity index (χ0n) is 9.83. The molecule has 0 aliphatic carbocycles. The van der Waals surface area contributed by atoms with E-state index in [4.69, 9.17) is 9.84 Å². The van der Waals surface area contributed by atoms with Crippen LogP contribution >= 0.6 is 0 Å². The molecule has 0 saturated carbocycles. The van der Waals surface area contributed by atoms with Gasteiger partial charge in [0.05, 0.1) is 30.3 Å². The third kappa shape index (κ3) is 2.63. The fourth-order valence-corrected chi connectivity index (χ4v) is 1.52. The van der Waals surface area contributed by atoms with Crippen molar-refractivity contribution in [2.24, 2.45) is 0 Å². The normalized spacial score (nSPS) is 10.1. The number of carbonyl (C=O) groups is 1. The molecule has 0 aliphatic rings. The lowest BCUT2D eigenvalue weighted by atomic mass is 10.1. The fraction of sp³-hybridized carbons (Fsp3) is 0.154. The molecule has 1 aromatic heterocycles. The highest BCUT2D eigenvalue weighted by Gasteiger charge is 2.07. The Hall–Kier alpha value is -2.43. The predicted octanol–water partition coefficient (Wildman–Crippen LogP) is 2.24. The summed E-state index contributed by atoms with van der Waals surface area (Å²) in [5.41, 5.74) is 1.50. The maximum Gasteiger partial charge on any atom is 0.335 e. The van der Waals surface area contributed by atoms with Gasteiger partial charge in [0.25, 0.3) is 0 Å². The van der Waals surface area contributed by atoms with E-state index in [1.807, 2.05) is 6.92 Å². The van der Waals surface area contributed by atoms with Gasteiger partial charge >= 0.3 is 5.97 Å². The molecule has 18 heavy (non-hydrogen) atoms. The lowest BCUT2D eigenvalue weighted by molar-refractivity contribution is 0.0697. The maximum absolute atomic E-state index is 10.9. The van der Waals surface area contributed by atoms with E-state index in [0.29, 0.717) is 23.7 Å². The summed E-state index contributed by atoms with van der Waals surface area (Å²) in [7, 11) is 0. The van der Waals surface area contributed by atoms with Crippen molar-refractivity contribution in [2.75, 3.05) is 6.61 Å². The molecule has 0 atom stereocenters. The molecule has 0 saturated heterocycles. The van der Waals surface area contributed by atoms with Gasteiger partial charge in [-0.3, -0.25) is 4.98 Å². The molecular formula is C13H12N2O3. The van der Waals surface area contributed by atoms with Crippen molar-refractivity contribution in [3.8, 4) is 17.1 Å². The summed E-state index contributed by atoms with van der Waals surface area (Å²) in [6, 6.07) is 6.55. The van der Waals surface area contributed by atoms with E-state index in [1.165, 1.54) is 12.3 Å². The van der Waals surface area contributed by atoms with Crippen LogP contribution in [0.25, 0.3) is 11.3 Å². The first-order valence-corrected chi connectivity index (χ1v) is 5.49. The van der Waals surface area contributed by atoms with Gasteiger partial charge in [0.1, 0.15) is 0 Å². The number of aromatic carboxylic acids is 1. The molecule has 1 heterocycles. The zero-order valence-corrected chi connectivity index (χ0v) is 9.83.